The molecule has 0 atom stereocenters. The van der Waals surface area contributed by atoms with E-state index in [2.05, 4.69) is 0 Å². The van der Waals surface area contributed by atoms with E-state index >= 15 is 0 Å². The quantitative estimate of drug-likeness (QED) is 0.670. The van der Waals surface area contributed by atoms with E-state index in [0.717, 1.165) is 4.57 Å². The van der Waals surface area contributed by atoms with Crippen molar-refractivity contribution >= 4 is 10.8 Å². The summed E-state index contributed by atoms with van der Waals surface area (Å²) in [5.74, 6) is -0.381. The molecule has 0 aliphatic carbocycles. The van der Waals surface area contributed by atoms with Crippen LogP contribution in [0.1, 0.15) is 5.56 Å². The number of aryl methyl sites for hydroxylation is 1. The third-order valence-corrected chi connectivity index (χ3v) is 2.60. The van der Waals surface area contributed by atoms with E-state index in [1.165, 1.54) is 31.3 Å². The summed E-state index contributed by atoms with van der Waals surface area (Å²) in [5.41, 5.74) is -0.421. The standard InChI is InChI=1S/C12H10FNO2/c1-7-5-9-8(6-10(7)13)3-4-11(15)14(2)12(9)16/h3-6H,1-2H3. The Bertz CT molecular complexity index is 689. The predicted octanol–water partition coefficient (Wildman–Crippen LogP) is 1.35. The van der Waals surface area contributed by atoms with Crippen LogP contribution in [-0.2, 0) is 7.05 Å². The highest BCUT2D eigenvalue weighted by Gasteiger charge is 2.04. The molecule has 0 aliphatic heterocycles. The van der Waals surface area contributed by atoms with Gasteiger partial charge in [-0.25, -0.2) is 4.39 Å². The van der Waals surface area contributed by atoms with Crippen LogP contribution in [0.15, 0.2) is 33.9 Å². The lowest BCUT2D eigenvalue weighted by atomic mass is 10.1. The SMILES string of the molecule is Cc1cc2c(=O)n(C)c(=O)ccc2cc1F. The third kappa shape index (κ3) is 1.52. The van der Waals surface area contributed by atoms with Gasteiger partial charge in [0.2, 0.25) is 0 Å². The van der Waals surface area contributed by atoms with Crippen molar-refractivity contribution in [2.45, 2.75) is 6.92 Å². The highest BCUT2D eigenvalue weighted by molar-refractivity contribution is 5.81. The molecule has 82 valence electrons. The summed E-state index contributed by atoms with van der Waals surface area (Å²) in [6.07, 6.45) is 0. The minimum absolute atomic E-state index is 0.350. The molecule has 0 saturated heterocycles. The molecule has 0 saturated carbocycles. The maximum atomic E-state index is 13.3. The summed E-state index contributed by atoms with van der Waals surface area (Å²) >= 11 is 0. The van der Waals surface area contributed by atoms with E-state index in [-0.39, 0.29) is 5.82 Å². The van der Waals surface area contributed by atoms with Gasteiger partial charge in [0.1, 0.15) is 5.82 Å². The average molecular weight is 219 g/mol. The van der Waals surface area contributed by atoms with Gasteiger partial charge >= 0.3 is 0 Å². The van der Waals surface area contributed by atoms with Crippen LogP contribution in [0.25, 0.3) is 10.8 Å². The molecule has 3 nitrogen and oxygen atoms in total. The Balaban J connectivity index is 3.12. The first-order chi connectivity index (χ1) is 7.50. The summed E-state index contributed by atoms with van der Waals surface area (Å²) in [6.45, 7) is 1.58. The molecule has 0 unspecified atom stereocenters. The molecule has 0 amide bonds. The molecule has 2 aromatic rings. The van der Waals surface area contributed by atoms with Gasteiger partial charge in [-0.15, -0.1) is 0 Å². The zero-order chi connectivity index (χ0) is 11.9. The molecule has 0 spiro atoms. The molecule has 0 fully saturated rings. The Hall–Kier alpha value is -1.97. The average Bonchev–Trinajstić information content (AvgIpc) is 2.35. The van der Waals surface area contributed by atoms with Crippen molar-refractivity contribution in [1.29, 1.82) is 0 Å². The number of aromatic nitrogens is 1. The molecule has 0 radical (unpaired) electrons. The first-order valence-electron chi connectivity index (χ1n) is 4.81. The second kappa shape index (κ2) is 3.56. The van der Waals surface area contributed by atoms with Crippen molar-refractivity contribution in [3.05, 3.63) is 56.4 Å². The smallest absolute Gasteiger partial charge is 0.261 e. The monoisotopic (exact) mass is 219 g/mol. The van der Waals surface area contributed by atoms with Gasteiger partial charge in [-0.05, 0) is 36.1 Å². The number of rotatable bonds is 0. The molecule has 1 aromatic heterocycles. The fourth-order valence-electron chi connectivity index (χ4n) is 1.57. The van der Waals surface area contributed by atoms with Crippen molar-refractivity contribution < 1.29 is 4.39 Å². The highest BCUT2D eigenvalue weighted by Crippen LogP contribution is 2.14. The van der Waals surface area contributed by atoms with Gasteiger partial charge in [0.15, 0.2) is 0 Å². The van der Waals surface area contributed by atoms with Crippen LogP contribution >= 0.6 is 0 Å². The lowest BCUT2D eigenvalue weighted by molar-refractivity contribution is 0.620. The van der Waals surface area contributed by atoms with Crippen molar-refractivity contribution in [1.82, 2.24) is 4.57 Å². The Morgan fingerprint density at radius 3 is 2.56 bits per heavy atom. The number of hydrogen-bond acceptors (Lipinski definition) is 2. The van der Waals surface area contributed by atoms with E-state index in [1.54, 1.807) is 6.92 Å². The van der Waals surface area contributed by atoms with E-state index in [4.69, 9.17) is 0 Å². The van der Waals surface area contributed by atoms with E-state index in [0.29, 0.717) is 16.3 Å². The Labute approximate surface area is 90.8 Å². The van der Waals surface area contributed by atoms with Crippen LogP contribution in [0.5, 0.6) is 0 Å². The maximum absolute atomic E-state index is 13.3. The minimum Gasteiger partial charge on any atom is -0.278 e. The second-order valence-electron chi connectivity index (χ2n) is 3.72. The second-order valence-corrected chi connectivity index (χ2v) is 3.72. The number of hydrogen-bond donors (Lipinski definition) is 0. The Kier molecular flexibility index (Phi) is 2.34. The topological polar surface area (TPSA) is 39.1 Å². The Morgan fingerprint density at radius 1 is 1.19 bits per heavy atom. The van der Waals surface area contributed by atoms with E-state index in [9.17, 15) is 14.0 Å². The summed E-state index contributed by atoms with van der Waals surface area (Å²) in [5, 5.41) is 0.786. The van der Waals surface area contributed by atoms with Gasteiger partial charge in [0.05, 0.1) is 0 Å². The fourth-order valence-corrected chi connectivity index (χ4v) is 1.57. The molecular weight excluding hydrogens is 209 g/mol. The minimum atomic E-state index is -0.409. The zero-order valence-electron chi connectivity index (χ0n) is 8.95. The molecule has 0 aliphatic rings. The highest BCUT2D eigenvalue weighted by atomic mass is 19.1. The zero-order valence-corrected chi connectivity index (χ0v) is 8.95. The van der Waals surface area contributed by atoms with E-state index < -0.39 is 11.1 Å². The normalized spacial score (nSPS) is 10.7. The van der Waals surface area contributed by atoms with Gasteiger partial charge in [-0.1, -0.05) is 0 Å². The number of benzene rings is 1. The fraction of sp³-hybridized carbons (Fsp3) is 0.167. The maximum Gasteiger partial charge on any atom is 0.261 e. The number of nitrogens with zero attached hydrogens (tertiary/aromatic N) is 1. The largest absolute Gasteiger partial charge is 0.278 e. The lowest BCUT2D eigenvalue weighted by Gasteiger charge is -1.97. The van der Waals surface area contributed by atoms with Crippen LogP contribution in [0.3, 0.4) is 0 Å². The van der Waals surface area contributed by atoms with Crippen molar-refractivity contribution in [2.24, 2.45) is 7.05 Å². The van der Waals surface area contributed by atoms with Crippen molar-refractivity contribution in [3.63, 3.8) is 0 Å². The van der Waals surface area contributed by atoms with Gasteiger partial charge < -0.3 is 0 Å². The van der Waals surface area contributed by atoms with Crippen LogP contribution in [0.4, 0.5) is 4.39 Å². The van der Waals surface area contributed by atoms with Crippen LogP contribution in [-0.4, -0.2) is 4.57 Å². The first-order valence-corrected chi connectivity index (χ1v) is 4.81. The number of halogens is 1. The van der Waals surface area contributed by atoms with Crippen LogP contribution in [0.2, 0.25) is 0 Å². The molecule has 16 heavy (non-hydrogen) atoms. The van der Waals surface area contributed by atoms with Crippen molar-refractivity contribution in [2.75, 3.05) is 0 Å². The summed E-state index contributed by atoms with van der Waals surface area (Å²) in [7, 11) is 1.41. The lowest BCUT2D eigenvalue weighted by Crippen LogP contribution is -2.26. The van der Waals surface area contributed by atoms with Crippen LogP contribution in [0, 0.1) is 12.7 Å². The van der Waals surface area contributed by atoms with E-state index in [1.807, 2.05) is 0 Å². The number of fused-ring (bicyclic) bond motifs is 1. The van der Waals surface area contributed by atoms with Gasteiger partial charge in [0.25, 0.3) is 11.1 Å². The summed E-state index contributed by atoms with van der Waals surface area (Å²) < 4.78 is 14.3. The summed E-state index contributed by atoms with van der Waals surface area (Å²) in [6, 6.07) is 5.46. The first kappa shape index (κ1) is 10.5. The predicted molar refractivity (Wildman–Crippen MR) is 60.2 cm³/mol. The van der Waals surface area contributed by atoms with Gasteiger partial charge in [-0.3, -0.25) is 14.2 Å². The van der Waals surface area contributed by atoms with Crippen molar-refractivity contribution in [3.8, 4) is 0 Å². The van der Waals surface area contributed by atoms with Gasteiger partial charge in [0, 0.05) is 18.5 Å². The summed E-state index contributed by atoms with van der Waals surface area (Å²) in [4.78, 5) is 23.2. The molecule has 1 aromatic carbocycles. The molecule has 2 rings (SSSR count). The molecule has 0 bridgehead atoms. The third-order valence-electron chi connectivity index (χ3n) is 2.60. The molecular formula is C12H10FNO2. The molecule has 4 heteroatoms. The van der Waals surface area contributed by atoms with Crippen LogP contribution < -0.4 is 11.1 Å². The Morgan fingerprint density at radius 2 is 1.88 bits per heavy atom. The van der Waals surface area contributed by atoms with Gasteiger partial charge in [-0.2, -0.15) is 0 Å². The molecule has 1 heterocycles. The molecule has 0 N–H and O–H groups in total.